The molecule has 5 aromatic carbocycles. The number of para-hydroxylation sites is 3. The van der Waals surface area contributed by atoms with Crippen LogP contribution in [0, 0.1) is 5.92 Å². The standard InChI is InChI=1S/C31H30N2O5.C23H23NO5.C9H10O/c34-23-5-3-8-26(28(35)17-23)33-19-25-24(31(33)36)6-4-10-29(25)38-20-22-13-11-21(12-14-22)18-32-15-16-37-30-9-2-1-7-27(30)32;25-13-15-7-9-16(10-8-15)14-29-22-6-2-4-18-19(22)12-24(23(18)28)20-5-1-3-17(26)11-21(20)27;1-2-6-9-8(4-1)5-3-7-10-9/h1-2,4,6-7,9-14,26H,3,5,8,15-20H2;2,4,6-9,13,16,20H,1,3,5,10-12,14H2;1-2,4,6H,3,5,7H2/t26-;16?,20-;/m00./s1. The minimum Gasteiger partial charge on any atom is -0.493 e. The SMILES string of the molecule is O=C1CCC[C@H](N2Cc3c(OCc4ccc(CN5CCOc6ccccc65)cc4)cccc3C2=O)C(=O)C1.O=CC1=CCC(COc2cccc3c2CN([C@H]2CCCC(=O)CC2=O)C3=O)C=C1.c1ccc2c(c1)CCCO2. The molecule has 1 unspecified atom stereocenters. The van der Waals surface area contributed by atoms with E-state index in [1.807, 2.05) is 60.7 Å². The third-order valence-corrected chi connectivity index (χ3v) is 15.3. The van der Waals surface area contributed by atoms with Crippen molar-refractivity contribution >= 4 is 46.9 Å². The van der Waals surface area contributed by atoms with Gasteiger partial charge in [0.1, 0.15) is 54.1 Å². The zero-order chi connectivity index (χ0) is 53.3. The molecule has 0 radical (unpaired) electrons. The van der Waals surface area contributed by atoms with E-state index in [1.165, 1.54) is 17.5 Å². The fraction of sp³-hybridized carbons (Fsp3) is 0.349. The van der Waals surface area contributed by atoms with Crippen molar-refractivity contribution in [3.05, 3.63) is 172 Å². The first-order chi connectivity index (χ1) is 37.6. The molecule has 2 fully saturated rings. The fourth-order valence-corrected chi connectivity index (χ4v) is 11.1. The van der Waals surface area contributed by atoms with Crippen LogP contribution >= 0.6 is 0 Å². The van der Waals surface area contributed by atoms with Gasteiger partial charge in [0, 0.05) is 53.1 Å². The highest BCUT2D eigenvalue weighted by molar-refractivity contribution is 6.07. The summed E-state index contributed by atoms with van der Waals surface area (Å²) in [6.45, 7) is 4.69. The Labute approximate surface area is 448 Å². The van der Waals surface area contributed by atoms with Gasteiger partial charge in [0.2, 0.25) is 0 Å². The van der Waals surface area contributed by atoms with Crippen LogP contribution in [0.25, 0.3) is 0 Å². The molecule has 396 valence electrons. The van der Waals surface area contributed by atoms with Gasteiger partial charge >= 0.3 is 0 Å². The number of amides is 2. The molecule has 12 rings (SSSR count). The predicted molar refractivity (Wildman–Crippen MR) is 288 cm³/mol. The molecule has 7 aliphatic rings. The van der Waals surface area contributed by atoms with Gasteiger partial charge in [-0.2, -0.15) is 0 Å². The van der Waals surface area contributed by atoms with Crippen LogP contribution in [0.4, 0.5) is 5.69 Å². The number of fused-ring (bicyclic) bond motifs is 4. The molecule has 0 aromatic heterocycles. The quantitative estimate of drug-likeness (QED) is 0.0700. The summed E-state index contributed by atoms with van der Waals surface area (Å²) in [5, 5.41) is 0. The lowest BCUT2D eigenvalue weighted by Gasteiger charge is -2.31. The van der Waals surface area contributed by atoms with E-state index in [1.54, 1.807) is 34.1 Å². The minimum absolute atomic E-state index is 0.0357. The van der Waals surface area contributed by atoms with Crippen LogP contribution in [-0.2, 0) is 56.6 Å². The lowest BCUT2D eigenvalue weighted by atomic mass is 9.98. The molecule has 3 aliphatic carbocycles. The van der Waals surface area contributed by atoms with Crippen molar-refractivity contribution in [2.24, 2.45) is 5.92 Å². The van der Waals surface area contributed by atoms with Crippen LogP contribution in [0.1, 0.15) is 113 Å². The highest BCUT2D eigenvalue weighted by Gasteiger charge is 2.40. The van der Waals surface area contributed by atoms with Crippen LogP contribution in [0.3, 0.4) is 0 Å². The Morgan fingerprint density at radius 1 is 0.597 bits per heavy atom. The summed E-state index contributed by atoms with van der Waals surface area (Å²) in [7, 11) is 0. The van der Waals surface area contributed by atoms with E-state index >= 15 is 0 Å². The van der Waals surface area contributed by atoms with Crippen molar-refractivity contribution in [3.8, 4) is 23.0 Å². The second kappa shape index (κ2) is 24.3. The first kappa shape index (κ1) is 52.3. The molecule has 3 atom stereocenters. The summed E-state index contributed by atoms with van der Waals surface area (Å²) in [5.74, 6) is 2.74. The summed E-state index contributed by atoms with van der Waals surface area (Å²) in [5.41, 5.74) is 8.13. The van der Waals surface area contributed by atoms with Crippen molar-refractivity contribution < 1.29 is 52.5 Å². The van der Waals surface area contributed by atoms with Crippen LogP contribution in [-0.4, -0.2) is 89.5 Å². The van der Waals surface area contributed by atoms with E-state index in [-0.39, 0.29) is 53.7 Å². The average molecular weight is 1040 g/mol. The van der Waals surface area contributed by atoms with Crippen LogP contribution in [0.15, 0.2) is 133 Å². The molecule has 2 saturated carbocycles. The topological polar surface area (TPSA) is 166 Å². The van der Waals surface area contributed by atoms with E-state index in [2.05, 4.69) is 47.4 Å². The number of aldehydes is 1. The number of carbonyl (C=O) groups excluding carboxylic acids is 7. The van der Waals surface area contributed by atoms with Gasteiger partial charge in [0.15, 0.2) is 11.6 Å². The number of aryl methyl sites for hydroxylation is 1. The van der Waals surface area contributed by atoms with Gasteiger partial charge < -0.3 is 33.6 Å². The number of nitrogens with zero attached hydrogens (tertiary/aromatic N) is 3. The average Bonchev–Trinajstić information content (AvgIpc) is 3.84. The number of Topliss-reactive ketones (excluding diaryl/α,β-unsaturated/α-hetero) is 4. The van der Waals surface area contributed by atoms with Gasteiger partial charge in [-0.1, -0.05) is 85.0 Å². The molecule has 5 aromatic rings. The molecule has 77 heavy (non-hydrogen) atoms. The Balaban J connectivity index is 0.000000151. The molecule has 0 N–H and O–H groups in total. The van der Waals surface area contributed by atoms with Gasteiger partial charge in [-0.3, -0.25) is 33.6 Å². The maximum atomic E-state index is 13.2. The lowest BCUT2D eigenvalue weighted by Crippen LogP contribution is -2.41. The summed E-state index contributed by atoms with van der Waals surface area (Å²) in [6, 6.07) is 34.5. The first-order valence-electron chi connectivity index (χ1n) is 26.9. The van der Waals surface area contributed by atoms with Gasteiger partial charge in [-0.15, -0.1) is 0 Å². The third kappa shape index (κ3) is 12.3. The Morgan fingerprint density at radius 2 is 1.19 bits per heavy atom. The molecule has 14 heteroatoms. The Hall–Kier alpha value is -8.13. The van der Waals surface area contributed by atoms with Crippen molar-refractivity contribution in [2.45, 2.75) is 109 Å². The van der Waals surface area contributed by atoms with Gasteiger partial charge in [-0.25, -0.2) is 0 Å². The molecule has 0 bridgehead atoms. The van der Waals surface area contributed by atoms with Crippen LogP contribution < -0.4 is 23.8 Å². The zero-order valence-corrected chi connectivity index (χ0v) is 43.2. The normalized spacial score (nSPS) is 20.5. The highest BCUT2D eigenvalue weighted by atomic mass is 16.5. The highest BCUT2D eigenvalue weighted by Crippen LogP contribution is 2.37. The van der Waals surface area contributed by atoms with E-state index in [0.717, 1.165) is 72.7 Å². The number of ketones is 4. The number of anilines is 1. The van der Waals surface area contributed by atoms with Gasteiger partial charge in [-0.05, 0) is 104 Å². The van der Waals surface area contributed by atoms with Crippen LogP contribution in [0.2, 0.25) is 0 Å². The fourth-order valence-electron chi connectivity index (χ4n) is 11.1. The van der Waals surface area contributed by atoms with Crippen LogP contribution in [0.5, 0.6) is 23.0 Å². The lowest BCUT2D eigenvalue weighted by molar-refractivity contribution is -0.130. The first-order valence-corrected chi connectivity index (χ1v) is 26.9. The number of benzene rings is 5. The van der Waals surface area contributed by atoms with Crippen molar-refractivity contribution in [3.63, 3.8) is 0 Å². The largest absolute Gasteiger partial charge is 0.493 e. The maximum absolute atomic E-state index is 13.2. The molecule has 14 nitrogen and oxygen atoms in total. The third-order valence-electron chi connectivity index (χ3n) is 15.3. The smallest absolute Gasteiger partial charge is 0.255 e. The van der Waals surface area contributed by atoms with Gasteiger partial charge in [0.25, 0.3) is 11.8 Å². The number of rotatable bonds is 11. The summed E-state index contributed by atoms with van der Waals surface area (Å²) < 4.78 is 23.4. The monoisotopic (exact) mass is 1040 g/mol. The maximum Gasteiger partial charge on any atom is 0.255 e. The number of hydrogen-bond donors (Lipinski definition) is 0. The second-order valence-electron chi connectivity index (χ2n) is 20.5. The minimum atomic E-state index is -0.542. The number of carbonyl (C=O) groups is 7. The molecule has 2 amide bonds. The van der Waals surface area contributed by atoms with E-state index in [4.69, 9.17) is 18.9 Å². The van der Waals surface area contributed by atoms with Crippen molar-refractivity contribution in [1.82, 2.24) is 9.80 Å². The molecule has 0 spiro atoms. The summed E-state index contributed by atoms with van der Waals surface area (Å²) in [4.78, 5) is 91.2. The predicted octanol–water partition coefficient (Wildman–Crippen LogP) is 9.52. The number of hydrogen-bond acceptors (Lipinski definition) is 12. The Kier molecular flexibility index (Phi) is 16.5. The van der Waals surface area contributed by atoms with Crippen molar-refractivity contribution in [2.75, 3.05) is 31.3 Å². The molecular weight excluding hydrogens is 975 g/mol. The Bertz CT molecular complexity index is 3100. The molecular formula is C63H63N3O11. The summed E-state index contributed by atoms with van der Waals surface area (Å²) >= 11 is 0. The Morgan fingerprint density at radius 3 is 1.82 bits per heavy atom. The molecule has 4 heterocycles. The van der Waals surface area contributed by atoms with E-state index in [9.17, 15) is 33.6 Å². The van der Waals surface area contributed by atoms with Crippen molar-refractivity contribution in [1.29, 1.82) is 0 Å². The molecule has 4 aliphatic heterocycles. The number of ether oxygens (including phenoxy) is 4. The number of allylic oxidation sites excluding steroid dienone is 3. The molecule has 0 saturated heterocycles. The van der Waals surface area contributed by atoms with E-state index in [0.29, 0.717) is 99.6 Å². The van der Waals surface area contributed by atoms with E-state index < -0.39 is 12.1 Å². The van der Waals surface area contributed by atoms with Gasteiger partial charge in [0.05, 0.1) is 63.5 Å². The second-order valence-corrected chi connectivity index (χ2v) is 20.5. The zero-order valence-electron chi connectivity index (χ0n) is 43.2. The summed E-state index contributed by atoms with van der Waals surface area (Å²) in [6.07, 6.45) is 12.5.